The maximum atomic E-state index is 10.7. The van der Waals surface area contributed by atoms with E-state index in [0.717, 1.165) is 0 Å². The predicted octanol–water partition coefficient (Wildman–Crippen LogP) is -0.0904. The molecule has 0 aliphatic rings. The maximum absolute atomic E-state index is 10.7. The highest BCUT2D eigenvalue weighted by Crippen LogP contribution is 2.18. The van der Waals surface area contributed by atoms with E-state index in [2.05, 4.69) is 25.6 Å². The summed E-state index contributed by atoms with van der Waals surface area (Å²) in [7, 11) is 0. The molecule has 2 rings (SSSR count). The van der Waals surface area contributed by atoms with Crippen LogP contribution in [0.5, 0.6) is 0 Å². The minimum absolute atomic E-state index is 0.0396. The van der Waals surface area contributed by atoms with Gasteiger partial charge in [-0.2, -0.15) is 5.10 Å². The van der Waals surface area contributed by atoms with Gasteiger partial charge >= 0.3 is 5.97 Å². The highest BCUT2D eigenvalue weighted by molar-refractivity contribution is 5.67. The summed E-state index contributed by atoms with van der Waals surface area (Å²) in [6, 6.07) is -0.530. The summed E-state index contributed by atoms with van der Waals surface area (Å²) in [4.78, 5) is 14.6. The molecule has 2 aromatic heterocycles. The van der Waals surface area contributed by atoms with Crippen molar-refractivity contribution < 1.29 is 9.90 Å². The Morgan fingerprint density at radius 1 is 1.50 bits per heavy atom. The Morgan fingerprint density at radius 2 is 2.28 bits per heavy atom. The van der Waals surface area contributed by atoms with E-state index in [-0.39, 0.29) is 18.5 Å². The van der Waals surface area contributed by atoms with Gasteiger partial charge < -0.3 is 5.11 Å². The van der Waals surface area contributed by atoms with Gasteiger partial charge in [-0.15, -0.1) is 5.10 Å². The molecule has 0 radical (unpaired) electrons. The van der Waals surface area contributed by atoms with E-state index >= 15 is 0 Å². The zero-order valence-electron chi connectivity index (χ0n) is 10.0. The summed E-state index contributed by atoms with van der Waals surface area (Å²) < 4.78 is 3.11. The number of aromatic nitrogens is 7. The highest BCUT2D eigenvalue weighted by Gasteiger charge is 2.21. The fraction of sp³-hybridized carbons (Fsp3) is 0.556. The zero-order valence-corrected chi connectivity index (χ0v) is 10.0. The zero-order chi connectivity index (χ0) is 13.1. The van der Waals surface area contributed by atoms with Crippen molar-refractivity contribution in [2.24, 2.45) is 0 Å². The maximum Gasteiger partial charge on any atom is 0.305 e. The minimum atomic E-state index is -0.891. The van der Waals surface area contributed by atoms with E-state index in [1.807, 2.05) is 6.92 Å². The fourth-order valence-electron chi connectivity index (χ4n) is 1.66. The highest BCUT2D eigenvalue weighted by atomic mass is 16.4. The van der Waals surface area contributed by atoms with Gasteiger partial charge in [0, 0.05) is 0 Å². The van der Waals surface area contributed by atoms with E-state index in [9.17, 15) is 4.79 Å². The second kappa shape index (κ2) is 4.90. The van der Waals surface area contributed by atoms with Crippen LogP contribution in [0.2, 0.25) is 0 Å². The summed E-state index contributed by atoms with van der Waals surface area (Å²) in [5.74, 6) is -0.341. The molecule has 0 amide bonds. The lowest BCUT2D eigenvalue weighted by molar-refractivity contribution is -0.137. The van der Waals surface area contributed by atoms with Gasteiger partial charge in [-0.1, -0.05) is 0 Å². The second-order valence-electron chi connectivity index (χ2n) is 3.98. The first-order chi connectivity index (χ1) is 8.59. The first kappa shape index (κ1) is 12.1. The normalized spacial score (nSPS) is 14.3. The van der Waals surface area contributed by atoms with Crippen LogP contribution in [0, 0.1) is 0 Å². The SMILES string of the molecule is CC(c1nnnn1C(C)CC(=O)O)n1cncn1. The summed E-state index contributed by atoms with van der Waals surface area (Å²) in [5.41, 5.74) is 0. The van der Waals surface area contributed by atoms with Gasteiger partial charge in [0.05, 0.1) is 12.5 Å². The van der Waals surface area contributed by atoms with Crippen molar-refractivity contribution in [2.45, 2.75) is 32.4 Å². The van der Waals surface area contributed by atoms with Gasteiger partial charge in [0.25, 0.3) is 0 Å². The molecule has 2 atom stereocenters. The molecule has 9 nitrogen and oxygen atoms in total. The molecule has 0 aromatic carbocycles. The monoisotopic (exact) mass is 251 g/mol. The molecule has 2 unspecified atom stereocenters. The van der Waals surface area contributed by atoms with Gasteiger partial charge in [-0.3, -0.25) is 4.79 Å². The molecular weight excluding hydrogens is 238 g/mol. The Bertz CT molecular complexity index is 521. The van der Waals surface area contributed by atoms with Crippen LogP contribution < -0.4 is 0 Å². The van der Waals surface area contributed by atoms with Crippen LogP contribution in [0.25, 0.3) is 0 Å². The molecule has 1 N–H and O–H groups in total. The van der Waals surface area contributed by atoms with Crippen LogP contribution in [-0.2, 0) is 4.79 Å². The third-order valence-electron chi connectivity index (χ3n) is 2.61. The Balaban J connectivity index is 2.24. The smallest absolute Gasteiger partial charge is 0.305 e. The molecule has 0 saturated carbocycles. The number of aliphatic carboxylic acids is 1. The fourth-order valence-corrected chi connectivity index (χ4v) is 1.66. The van der Waals surface area contributed by atoms with E-state index < -0.39 is 5.97 Å². The number of nitrogens with zero attached hydrogens (tertiary/aromatic N) is 7. The van der Waals surface area contributed by atoms with Gasteiger partial charge in [0.1, 0.15) is 18.7 Å². The van der Waals surface area contributed by atoms with Gasteiger partial charge in [-0.25, -0.2) is 14.3 Å². The largest absolute Gasteiger partial charge is 0.481 e. The molecule has 0 saturated heterocycles. The summed E-state index contributed by atoms with van der Waals surface area (Å²) in [5, 5.41) is 24.1. The lowest BCUT2D eigenvalue weighted by atomic mass is 10.2. The van der Waals surface area contributed by atoms with Gasteiger partial charge in [0.2, 0.25) is 0 Å². The van der Waals surface area contributed by atoms with Crippen molar-refractivity contribution in [1.82, 2.24) is 35.0 Å². The van der Waals surface area contributed by atoms with Crippen molar-refractivity contribution in [3.63, 3.8) is 0 Å². The van der Waals surface area contributed by atoms with E-state index in [4.69, 9.17) is 5.11 Å². The van der Waals surface area contributed by atoms with Gasteiger partial charge in [0.15, 0.2) is 5.82 Å². The number of hydrogen-bond donors (Lipinski definition) is 1. The predicted molar refractivity (Wildman–Crippen MR) is 58.6 cm³/mol. The van der Waals surface area contributed by atoms with E-state index in [1.165, 1.54) is 11.0 Å². The van der Waals surface area contributed by atoms with Crippen molar-refractivity contribution in [2.75, 3.05) is 0 Å². The third-order valence-corrected chi connectivity index (χ3v) is 2.61. The molecule has 18 heavy (non-hydrogen) atoms. The lowest BCUT2D eigenvalue weighted by Crippen LogP contribution is -2.19. The third kappa shape index (κ3) is 2.34. The number of hydrogen-bond acceptors (Lipinski definition) is 6. The Labute approximate surface area is 102 Å². The molecule has 0 bridgehead atoms. The number of carboxylic acids is 1. The molecule has 2 heterocycles. The number of rotatable bonds is 5. The Hall–Kier alpha value is -2.32. The van der Waals surface area contributed by atoms with E-state index in [0.29, 0.717) is 5.82 Å². The number of carboxylic acid groups (broad SMARTS) is 1. The summed E-state index contributed by atoms with van der Waals surface area (Å²) >= 11 is 0. The van der Waals surface area contributed by atoms with Crippen LogP contribution in [-0.4, -0.2) is 46.0 Å². The topological polar surface area (TPSA) is 112 Å². The molecule has 0 spiro atoms. The van der Waals surface area contributed by atoms with Crippen LogP contribution >= 0.6 is 0 Å². The van der Waals surface area contributed by atoms with Crippen molar-refractivity contribution in [1.29, 1.82) is 0 Å². The summed E-state index contributed by atoms with van der Waals surface area (Å²) in [6.45, 7) is 3.62. The number of carbonyl (C=O) groups is 1. The van der Waals surface area contributed by atoms with E-state index in [1.54, 1.807) is 17.9 Å². The molecule has 2 aromatic rings. The van der Waals surface area contributed by atoms with Crippen molar-refractivity contribution in [3.05, 3.63) is 18.5 Å². The number of tetrazole rings is 1. The van der Waals surface area contributed by atoms with Crippen molar-refractivity contribution >= 4 is 5.97 Å². The minimum Gasteiger partial charge on any atom is -0.481 e. The average molecular weight is 251 g/mol. The van der Waals surface area contributed by atoms with Crippen LogP contribution in [0.1, 0.15) is 38.2 Å². The molecule has 9 heteroatoms. The van der Waals surface area contributed by atoms with Gasteiger partial charge in [-0.05, 0) is 24.3 Å². The molecule has 0 aliphatic heterocycles. The summed E-state index contributed by atoms with van der Waals surface area (Å²) in [6.07, 6.45) is 2.94. The van der Waals surface area contributed by atoms with Crippen LogP contribution in [0.15, 0.2) is 12.7 Å². The Kier molecular flexibility index (Phi) is 3.31. The lowest BCUT2D eigenvalue weighted by Gasteiger charge is -2.15. The average Bonchev–Trinajstić information content (AvgIpc) is 2.98. The van der Waals surface area contributed by atoms with Crippen molar-refractivity contribution in [3.8, 4) is 0 Å². The first-order valence-corrected chi connectivity index (χ1v) is 5.43. The molecule has 0 fully saturated rings. The molecular formula is C9H13N7O2. The molecule has 96 valence electrons. The standard InChI is InChI=1S/C9H13N7O2/c1-6(3-8(17)18)16-9(12-13-14-16)7(2)15-5-10-4-11-15/h4-7H,3H2,1-2H3,(H,17,18). The molecule has 0 aliphatic carbocycles. The quantitative estimate of drug-likeness (QED) is 0.790. The second-order valence-corrected chi connectivity index (χ2v) is 3.98. The Morgan fingerprint density at radius 3 is 2.89 bits per heavy atom. The first-order valence-electron chi connectivity index (χ1n) is 5.43. The van der Waals surface area contributed by atoms with Crippen LogP contribution in [0.4, 0.5) is 0 Å². The van der Waals surface area contributed by atoms with Crippen LogP contribution in [0.3, 0.4) is 0 Å².